The number of carbonyl (C=O) groups excluding carboxylic acids is 1. The van der Waals surface area contributed by atoms with Crippen LogP contribution in [0.5, 0.6) is 17.2 Å². The van der Waals surface area contributed by atoms with Crippen molar-refractivity contribution in [1.29, 1.82) is 0 Å². The van der Waals surface area contributed by atoms with Gasteiger partial charge in [0.1, 0.15) is 30.5 Å². The van der Waals surface area contributed by atoms with Crippen molar-refractivity contribution in [2.75, 3.05) is 25.6 Å². The molecule has 0 aliphatic carbocycles. The molecular formula is C24H24N2O4S. The summed E-state index contributed by atoms with van der Waals surface area (Å²) in [6, 6.07) is 24.2. The highest BCUT2D eigenvalue weighted by atomic mass is 32.1. The molecule has 0 aromatic heterocycles. The second kappa shape index (κ2) is 11.6. The van der Waals surface area contributed by atoms with E-state index in [2.05, 4.69) is 10.6 Å². The van der Waals surface area contributed by atoms with Gasteiger partial charge < -0.3 is 24.8 Å². The van der Waals surface area contributed by atoms with Gasteiger partial charge in [-0.25, -0.2) is 0 Å². The van der Waals surface area contributed by atoms with Gasteiger partial charge >= 0.3 is 0 Å². The van der Waals surface area contributed by atoms with Gasteiger partial charge in [0.05, 0.1) is 19.2 Å². The Labute approximate surface area is 187 Å². The molecule has 2 N–H and O–H groups in total. The average Bonchev–Trinajstić information content (AvgIpc) is 2.79. The molecule has 0 spiro atoms. The van der Waals surface area contributed by atoms with E-state index in [0.29, 0.717) is 24.7 Å². The summed E-state index contributed by atoms with van der Waals surface area (Å²) in [6.07, 6.45) is 0.209. The Morgan fingerprint density at radius 3 is 2.26 bits per heavy atom. The molecule has 0 unspecified atom stereocenters. The predicted molar refractivity (Wildman–Crippen MR) is 125 cm³/mol. The molecule has 7 heteroatoms. The van der Waals surface area contributed by atoms with E-state index in [1.807, 2.05) is 78.9 Å². The van der Waals surface area contributed by atoms with Crippen LogP contribution in [0.25, 0.3) is 0 Å². The Bertz CT molecular complexity index is 994. The van der Waals surface area contributed by atoms with Crippen LogP contribution in [0, 0.1) is 0 Å². The molecule has 0 saturated carbocycles. The van der Waals surface area contributed by atoms with Crippen LogP contribution in [0.2, 0.25) is 0 Å². The van der Waals surface area contributed by atoms with Crippen molar-refractivity contribution in [3.8, 4) is 17.2 Å². The summed E-state index contributed by atoms with van der Waals surface area (Å²) in [6.45, 7) is 0.769. The maximum absolute atomic E-state index is 12.3. The largest absolute Gasteiger partial charge is 0.497 e. The van der Waals surface area contributed by atoms with E-state index in [4.69, 9.17) is 26.4 Å². The minimum atomic E-state index is -0.211. The number of carbonyl (C=O) groups is 1. The van der Waals surface area contributed by atoms with Crippen LogP contribution >= 0.6 is 12.2 Å². The van der Waals surface area contributed by atoms with E-state index in [-0.39, 0.29) is 17.4 Å². The monoisotopic (exact) mass is 436 g/mol. The van der Waals surface area contributed by atoms with Crippen molar-refractivity contribution in [1.82, 2.24) is 5.32 Å². The highest BCUT2D eigenvalue weighted by Crippen LogP contribution is 2.23. The zero-order valence-electron chi connectivity index (χ0n) is 17.2. The lowest BCUT2D eigenvalue weighted by Gasteiger charge is -2.14. The van der Waals surface area contributed by atoms with Gasteiger partial charge in [-0.2, -0.15) is 0 Å². The molecule has 0 atom stereocenters. The van der Waals surface area contributed by atoms with Crippen LogP contribution in [0.3, 0.4) is 0 Å². The Morgan fingerprint density at radius 2 is 1.52 bits per heavy atom. The number of rotatable bonds is 9. The van der Waals surface area contributed by atoms with Crippen LogP contribution < -0.4 is 24.8 Å². The number of ether oxygens (including phenoxy) is 3. The fourth-order valence-corrected chi connectivity index (χ4v) is 3.00. The fourth-order valence-electron chi connectivity index (χ4n) is 2.78. The van der Waals surface area contributed by atoms with Crippen molar-refractivity contribution in [2.24, 2.45) is 0 Å². The number of anilines is 1. The molecule has 31 heavy (non-hydrogen) atoms. The number of benzene rings is 3. The van der Waals surface area contributed by atoms with Crippen LogP contribution in [-0.4, -0.2) is 31.3 Å². The van der Waals surface area contributed by atoms with Crippen molar-refractivity contribution >= 4 is 28.9 Å². The Morgan fingerprint density at radius 1 is 0.839 bits per heavy atom. The lowest BCUT2D eigenvalue weighted by Crippen LogP contribution is -2.35. The molecule has 0 heterocycles. The summed E-state index contributed by atoms with van der Waals surface area (Å²) in [5, 5.41) is 5.91. The molecule has 160 valence electrons. The van der Waals surface area contributed by atoms with E-state index in [1.165, 1.54) is 0 Å². The zero-order valence-corrected chi connectivity index (χ0v) is 18.0. The third kappa shape index (κ3) is 7.31. The number of nitrogens with one attached hydrogen (secondary N) is 2. The second-order valence-corrected chi connectivity index (χ2v) is 6.94. The first-order chi connectivity index (χ1) is 15.1. The summed E-state index contributed by atoms with van der Waals surface area (Å²) in [7, 11) is 1.60. The standard InChI is InChI=1S/C24H24N2O4S/c1-28-19-13-11-18(12-14-19)17-23(27)26-24(31)25-21-9-5-6-10-22(21)30-16-15-29-20-7-3-2-4-8-20/h2-14H,15-17H2,1H3,(H2,25,26,27,31). The van der Waals surface area contributed by atoms with E-state index in [9.17, 15) is 4.79 Å². The summed E-state index contributed by atoms with van der Waals surface area (Å²) >= 11 is 5.28. The molecule has 6 nitrogen and oxygen atoms in total. The van der Waals surface area contributed by atoms with Crippen molar-refractivity contribution in [3.63, 3.8) is 0 Å². The third-order valence-electron chi connectivity index (χ3n) is 4.26. The summed E-state index contributed by atoms with van der Waals surface area (Å²) < 4.78 is 16.6. The lowest BCUT2D eigenvalue weighted by molar-refractivity contribution is -0.119. The predicted octanol–water partition coefficient (Wildman–Crippen LogP) is 4.21. The van der Waals surface area contributed by atoms with Gasteiger partial charge in [0, 0.05) is 0 Å². The molecular weight excluding hydrogens is 412 g/mol. The molecule has 3 aromatic rings. The average molecular weight is 437 g/mol. The molecule has 1 amide bonds. The van der Waals surface area contributed by atoms with Crippen LogP contribution in [0.4, 0.5) is 5.69 Å². The quantitative estimate of drug-likeness (QED) is 0.387. The van der Waals surface area contributed by atoms with Gasteiger partial charge in [0.15, 0.2) is 5.11 Å². The van der Waals surface area contributed by atoms with E-state index < -0.39 is 0 Å². The summed E-state index contributed by atoms with van der Waals surface area (Å²) in [4.78, 5) is 12.3. The zero-order chi connectivity index (χ0) is 21.9. The Balaban J connectivity index is 1.47. The van der Waals surface area contributed by atoms with Crippen molar-refractivity contribution < 1.29 is 19.0 Å². The van der Waals surface area contributed by atoms with Gasteiger partial charge in [0.25, 0.3) is 0 Å². The molecule has 0 fully saturated rings. The third-order valence-corrected chi connectivity index (χ3v) is 4.47. The number of thiocarbonyl (C=S) groups is 1. The lowest BCUT2D eigenvalue weighted by atomic mass is 10.1. The van der Waals surface area contributed by atoms with Crippen LogP contribution in [0.15, 0.2) is 78.9 Å². The number of amides is 1. The van der Waals surface area contributed by atoms with E-state index in [0.717, 1.165) is 17.1 Å². The highest BCUT2D eigenvalue weighted by molar-refractivity contribution is 7.80. The molecule has 0 aliphatic heterocycles. The topological polar surface area (TPSA) is 68.8 Å². The maximum Gasteiger partial charge on any atom is 0.230 e. The smallest absolute Gasteiger partial charge is 0.230 e. The van der Waals surface area contributed by atoms with Gasteiger partial charge in [-0.3, -0.25) is 4.79 Å². The van der Waals surface area contributed by atoms with Crippen LogP contribution in [0.1, 0.15) is 5.56 Å². The SMILES string of the molecule is COc1ccc(CC(=O)NC(=S)Nc2ccccc2OCCOc2ccccc2)cc1. The number of methoxy groups -OCH3 is 1. The first-order valence-electron chi connectivity index (χ1n) is 9.77. The van der Waals surface area contributed by atoms with Gasteiger partial charge in [-0.05, 0) is 54.2 Å². The molecule has 3 rings (SSSR count). The first-order valence-corrected chi connectivity index (χ1v) is 10.2. The fraction of sp³-hybridized carbons (Fsp3) is 0.167. The number of hydrogen-bond acceptors (Lipinski definition) is 5. The van der Waals surface area contributed by atoms with Gasteiger partial charge in [0.2, 0.25) is 5.91 Å². The minimum absolute atomic E-state index is 0.204. The van der Waals surface area contributed by atoms with Gasteiger partial charge in [-0.1, -0.05) is 42.5 Å². The first kappa shape index (κ1) is 22.1. The van der Waals surface area contributed by atoms with Crippen LogP contribution in [-0.2, 0) is 11.2 Å². The van der Waals surface area contributed by atoms with Crippen molar-refractivity contribution in [2.45, 2.75) is 6.42 Å². The number of hydrogen-bond donors (Lipinski definition) is 2. The van der Waals surface area contributed by atoms with Crippen molar-refractivity contribution in [3.05, 3.63) is 84.4 Å². The molecule has 0 aliphatic rings. The van der Waals surface area contributed by atoms with Gasteiger partial charge in [-0.15, -0.1) is 0 Å². The normalized spacial score (nSPS) is 10.1. The Kier molecular flexibility index (Phi) is 8.25. The minimum Gasteiger partial charge on any atom is -0.497 e. The number of para-hydroxylation sites is 3. The molecule has 0 saturated heterocycles. The van der Waals surface area contributed by atoms with E-state index in [1.54, 1.807) is 7.11 Å². The Hall–Kier alpha value is -3.58. The molecule has 0 bridgehead atoms. The maximum atomic E-state index is 12.3. The second-order valence-electron chi connectivity index (χ2n) is 6.53. The highest BCUT2D eigenvalue weighted by Gasteiger charge is 2.09. The molecule has 0 radical (unpaired) electrons. The van der Waals surface area contributed by atoms with E-state index >= 15 is 0 Å². The summed E-state index contributed by atoms with van der Waals surface area (Å²) in [5.41, 5.74) is 1.53. The summed E-state index contributed by atoms with van der Waals surface area (Å²) in [5.74, 6) is 1.94. The molecule has 3 aromatic carbocycles.